The molecule has 5 heteroatoms. The number of rotatable bonds is 6. The lowest BCUT2D eigenvalue weighted by atomic mass is 10.1. The third-order valence-electron chi connectivity index (χ3n) is 4.28. The molecule has 1 N–H and O–H groups in total. The van der Waals surface area contributed by atoms with E-state index in [4.69, 9.17) is 9.47 Å². The van der Waals surface area contributed by atoms with Gasteiger partial charge in [-0.05, 0) is 49.4 Å². The van der Waals surface area contributed by atoms with Gasteiger partial charge in [0.2, 0.25) is 11.8 Å². The first-order valence-electron chi connectivity index (χ1n) is 8.68. The minimum atomic E-state index is 0.0163. The van der Waals surface area contributed by atoms with E-state index in [9.17, 15) is 4.79 Å². The molecule has 2 aromatic rings. The largest absolute Gasteiger partial charge is 0.439 e. The highest BCUT2D eigenvalue weighted by molar-refractivity contribution is 5.76. The van der Waals surface area contributed by atoms with Gasteiger partial charge in [0.25, 0.3) is 0 Å². The van der Waals surface area contributed by atoms with Crippen LogP contribution in [0.1, 0.15) is 36.0 Å². The smallest absolute Gasteiger partial charge is 0.222 e. The van der Waals surface area contributed by atoms with E-state index in [-0.39, 0.29) is 12.0 Å². The van der Waals surface area contributed by atoms with Crippen molar-refractivity contribution in [1.82, 2.24) is 10.3 Å². The van der Waals surface area contributed by atoms with E-state index in [2.05, 4.69) is 16.4 Å². The van der Waals surface area contributed by atoms with Crippen LogP contribution in [-0.2, 0) is 16.1 Å². The van der Waals surface area contributed by atoms with E-state index in [0.717, 1.165) is 41.9 Å². The van der Waals surface area contributed by atoms with Crippen LogP contribution >= 0.6 is 0 Å². The number of benzene rings is 1. The number of amides is 1. The Morgan fingerprint density at radius 3 is 2.92 bits per heavy atom. The van der Waals surface area contributed by atoms with Crippen LogP contribution in [0, 0.1) is 13.8 Å². The summed E-state index contributed by atoms with van der Waals surface area (Å²) in [5.74, 6) is 1.37. The van der Waals surface area contributed by atoms with Crippen molar-refractivity contribution in [2.45, 2.75) is 45.8 Å². The second kappa shape index (κ2) is 8.12. The predicted molar refractivity (Wildman–Crippen MR) is 95.7 cm³/mol. The minimum absolute atomic E-state index is 0.0163. The lowest BCUT2D eigenvalue weighted by Gasteiger charge is -2.11. The van der Waals surface area contributed by atoms with Crippen molar-refractivity contribution in [2.75, 3.05) is 6.61 Å². The van der Waals surface area contributed by atoms with Gasteiger partial charge < -0.3 is 14.8 Å². The van der Waals surface area contributed by atoms with E-state index in [1.807, 2.05) is 38.1 Å². The second-order valence-electron chi connectivity index (χ2n) is 6.49. The Kier molecular flexibility index (Phi) is 5.66. The third kappa shape index (κ3) is 5.03. The molecule has 25 heavy (non-hydrogen) atoms. The summed E-state index contributed by atoms with van der Waals surface area (Å²) in [5.41, 5.74) is 3.15. The lowest BCUT2D eigenvalue weighted by molar-refractivity contribution is -0.123. The molecule has 132 valence electrons. The van der Waals surface area contributed by atoms with Crippen molar-refractivity contribution >= 4 is 5.91 Å². The van der Waals surface area contributed by atoms with Crippen LogP contribution in [0.4, 0.5) is 0 Å². The van der Waals surface area contributed by atoms with Crippen molar-refractivity contribution in [3.63, 3.8) is 0 Å². The summed E-state index contributed by atoms with van der Waals surface area (Å²) in [5, 5.41) is 2.91. The van der Waals surface area contributed by atoms with E-state index < -0.39 is 0 Å². The highest BCUT2D eigenvalue weighted by Gasteiger charge is 2.18. The van der Waals surface area contributed by atoms with Crippen LogP contribution in [0.5, 0.6) is 11.6 Å². The number of aryl methyl sites for hydroxylation is 2. The molecule has 0 radical (unpaired) electrons. The van der Waals surface area contributed by atoms with Crippen LogP contribution < -0.4 is 10.1 Å². The SMILES string of the molecule is Cc1ccc(C)c(Oc2ccc(CNC(=O)C[C@H]3CCCO3)cn2)c1. The third-order valence-corrected chi connectivity index (χ3v) is 4.28. The van der Waals surface area contributed by atoms with E-state index in [0.29, 0.717) is 18.8 Å². The highest BCUT2D eigenvalue weighted by Crippen LogP contribution is 2.24. The Bertz CT molecular complexity index is 722. The number of nitrogens with one attached hydrogen (secondary N) is 1. The number of aromatic nitrogens is 1. The number of hydrogen-bond donors (Lipinski definition) is 1. The molecule has 0 spiro atoms. The molecule has 3 rings (SSSR count). The van der Waals surface area contributed by atoms with Gasteiger partial charge >= 0.3 is 0 Å². The number of pyridine rings is 1. The molecule has 1 aliphatic heterocycles. The summed E-state index contributed by atoms with van der Waals surface area (Å²) in [6, 6.07) is 9.82. The molecule has 1 saturated heterocycles. The van der Waals surface area contributed by atoms with E-state index in [1.165, 1.54) is 0 Å². The van der Waals surface area contributed by atoms with Gasteiger partial charge in [-0.15, -0.1) is 0 Å². The van der Waals surface area contributed by atoms with Gasteiger partial charge in [0.1, 0.15) is 5.75 Å². The molecule has 0 bridgehead atoms. The standard InChI is InChI=1S/C20H24N2O3/c1-14-5-6-15(2)18(10-14)25-20-8-7-16(13-22-20)12-21-19(23)11-17-4-3-9-24-17/h5-8,10,13,17H,3-4,9,11-12H2,1-2H3,(H,21,23)/t17-/m1/s1. The summed E-state index contributed by atoms with van der Waals surface area (Å²) >= 11 is 0. The number of nitrogens with zero attached hydrogens (tertiary/aromatic N) is 1. The quantitative estimate of drug-likeness (QED) is 0.871. The van der Waals surface area contributed by atoms with Gasteiger partial charge in [0, 0.05) is 25.4 Å². The predicted octanol–water partition coefficient (Wildman–Crippen LogP) is 3.68. The zero-order chi connectivity index (χ0) is 17.6. The number of ether oxygens (including phenoxy) is 2. The van der Waals surface area contributed by atoms with Crippen molar-refractivity contribution < 1.29 is 14.3 Å². The molecule has 1 fully saturated rings. The van der Waals surface area contributed by atoms with E-state index in [1.54, 1.807) is 6.20 Å². The van der Waals surface area contributed by atoms with Crippen molar-refractivity contribution in [1.29, 1.82) is 0 Å². The molecule has 0 saturated carbocycles. The van der Waals surface area contributed by atoms with Crippen LogP contribution in [0.15, 0.2) is 36.5 Å². The molecule has 1 amide bonds. The highest BCUT2D eigenvalue weighted by atomic mass is 16.5. The number of carbonyl (C=O) groups excluding carboxylic acids is 1. The molecular weight excluding hydrogens is 316 g/mol. The maximum absolute atomic E-state index is 11.9. The summed E-state index contributed by atoms with van der Waals surface area (Å²) in [7, 11) is 0. The molecule has 0 aliphatic carbocycles. The van der Waals surface area contributed by atoms with Gasteiger partial charge in [0.15, 0.2) is 0 Å². The van der Waals surface area contributed by atoms with Crippen LogP contribution in [0.25, 0.3) is 0 Å². The lowest BCUT2D eigenvalue weighted by Crippen LogP contribution is -2.26. The Balaban J connectivity index is 1.51. The average molecular weight is 340 g/mol. The summed E-state index contributed by atoms with van der Waals surface area (Å²) in [6.45, 7) is 5.26. The van der Waals surface area contributed by atoms with Gasteiger partial charge in [-0.1, -0.05) is 18.2 Å². The fourth-order valence-electron chi connectivity index (χ4n) is 2.79. The molecule has 1 atom stereocenters. The molecule has 1 aromatic carbocycles. The summed E-state index contributed by atoms with van der Waals surface area (Å²) in [4.78, 5) is 16.2. The van der Waals surface area contributed by atoms with Crippen LogP contribution in [0.3, 0.4) is 0 Å². The Hall–Kier alpha value is -2.40. The zero-order valence-electron chi connectivity index (χ0n) is 14.7. The minimum Gasteiger partial charge on any atom is -0.439 e. The number of carbonyl (C=O) groups is 1. The van der Waals surface area contributed by atoms with Crippen LogP contribution in [-0.4, -0.2) is 23.6 Å². The molecule has 2 heterocycles. The molecule has 1 aliphatic rings. The Morgan fingerprint density at radius 2 is 2.20 bits per heavy atom. The Labute approximate surface area is 148 Å². The monoisotopic (exact) mass is 340 g/mol. The molecular formula is C20H24N2O3. The average Bonchev–Trinajstić information content (AvgIpc) is 3.10. The first-order valence-corrected chi connectivity index (χ1v) is 8.68. The van der Waals surface area contributed by atoms with Gasteiger partial charge in [-0.25, -0.2) is 4.98 Å². The van der Waals surface area contributed by atoms with Crippen LogP contribution in [0.2, 0.25) is 0 Å². The maximum atomic E-state index is 11.9. The first-order chi connectivity index (χ1) is 12.1. The van der Waals surface area contributed by atoms with Gasteiger partial charge in [0.05, 0.1) is 12.5 Å². The molecule has 1 aromatic heterocycles. The second-order valence-corrected chi connectivity index (χ2v) is 6.49. The fourth-order valence-corrected chi connectivity index (χ4v) is 2.79. The molecule has 5 nitrogen and oxygen atoms in total. The van der Waals surface area contributed by atoms with Gasteiger partial charge in [-0.3, -0.25) is 4.79 Å². The topological polar surface area (TPSA) is 60.5 Å². The van der Waals surface area contributed by atoms with Crippen molar-refractivity contribution in [3.05, 3.63) is 53.2 Å². The normalized spacial score (nSPS) is 16.6. The van der Waals surface area contributed by atoms with E-state index >= 15 is 0 Å². The molecule has 0 unspecified atom stereocenters. The van der Waals surface area contributed by atoms with Crippen molar-refractivity contribution in [3.8, 4) is 11.6 Å². The zero-order valence-corrected chi connectivity index (χ0v) is 14.7. The summed E-state index contributed by atoms with van der Waals surface area (Å²) in [6.07, 6.45) is 4.25. The fraction of sp³-hybridized carbons (Fsp3) is 0.400. The Morgan fingerprint density at radius 1 is 1.32 bits per heavy atom. The maximum Gasteiger partial charge on any atom is 0.222 e. The van der Waals surface area contributed by atoms with Crippen molar-refractivity contribution in [2.24, 2.45) is 0 Å². The van der Waals surface area contributed by atoms with Gasteiger partial charge in [-0.2, -0.15) is 0 Å². The summed E-state index contributed by atoms with van der Waals surface area (Å²) < 4.78 is 11.3. The number of hydrogen-bond acceptors (Lipinski definition) is 4. The first kappa shape index (κ1) is 17.4.